The largest absolute Gasteiger partial charge is 0.489 e. The van der Waals surface area contributed by atoms with Gasteiger partial charge in [0, 0.05) is 86.5 Å². The summed E-state index contributed by atoms with van der Waals surface area (Å²) in [6.45, 7) is 3.81. The van der Waals surface area contributed by atoms with Crippen LogP contribution in [0.2, 0.25) is 5.02 Å². The number of pyridine rings is 1. The van der Waals surface area contributed by atoms with Gasteiger partial charge in [0.1, 0.15) is 17.5 Å². The highest BCUT2D eigenvalue weighted by molar-refractivity contribution is 6.30. The normalized spacial score (nSPS) is 17.5. The molecule has 2 amide bonds. The first-order valence-corrected chi connectivity index (χ1v) is 12.7. The first kappa shape index (κ1) is 28.9. The lowest BCUT2D eigenvalue weighted by Crippen LogP contribution is -2.47. The summed E-state index contributed by atoms with van der Waals surface area (Å²) in [6.07, 6.45) is 5.04. The van der Waals surface area contributed by atoms with Crippen molar-refractivity contribution in [3.05, 3.63) is 64.6 Å². The maximum absolute atomic E-state index is 12.9. The second-order valence-corrected chi connectivity index (χ2v) is 9.28. The Kier molecular flexibility index (Phi) is 10.9. The number of methoxy groups -OCH3 is 2. The number of benzene rings is 1. The van der Waals surface area contributed by atoms with Crippen LogP contribution in [0.15, 0.2) is 42.7 Å². The lowest BCUT2D eigenvalue weighted by molar-refractivity contribution is 0.0518. The van der Waals surface area contributed by atoms with E-state index in [-0.39, 0.29) is 29.8 Å². The van der Waals surface area contributed by atoms with Crippen LogP contribution in [0, 0.1) is 5.41 Å². The Morgan fingerprint density at radius 2 is 2.03 bits per heavy atom. The van der Waals surface area contributed by atoms with Gasteiger partial charge in [0.15, 0.2) is 0 Å². The van der Waals surface area contributed by atoms with Crippen LogP contribution in [0.1, 0.15) is 41.4 Å². The number of likely N-dealkylation sites (tertiary alicyclic amines) is 1. The van der Waals surface area contributed by atoms with Crippen LogP contribution in [0.4, 0.5) is 4.79 Å². The Morgan fingerprint density at radius 3 is 2.68 bits per heavy atom. The Hall–Kier alpha value is -3.63. The van der Waals surface area contributed by atoms with Crippen LogP contribution in [-0.4, -0.2) is 74.2 Å². The quantitative estimate of drug-likeness (QED) is 0.290. The predicted octanol–water partition coefficient (Wildman–Crippen LogP) is 3.89. The molecular formula is C27H34ClN5O5. The molecule has 3 N–H and O–H groups in total. The van der Waals surface area contributed by atoms with Gasteiger partial charge in [-0.2, -0.15) is 0 Å². The number of halogens is 1. The number of hydrogen-bond acceptors (Lipinski definition) is 8. The molecule has 0 radical (unpaired) electrons. The average molecular weight is 544 g/mol. The first-order chi connectivity index (χ1) is 18.4. The van der Waals surface area contributed by atoms with Crippen LogP contribution in [0.5, 0.6) is 5.75 Å². The van der Waals surface area contributed by atoms with Crippen molar-refractivity contribution >= 4 is 35.4 Å². The summed E-state index contributed by atoms with van der Waals surface area (Å²) in [4.78, 5) is 31.0. The Labute approximate surface area is 227 Å². The summed E-state index contributed by atoms with van der Waals surface area (Å²) in [7, 11) is 2.98. The molecule has 2 atom stereocenters. The molecule has 1 aliphatic rings. The molecule has 1 aromatic carbocycles. The number of aromatic nitrogens is 1. The molecule has 0 spiro atoms. The fourth-order valence-electron chi connectivity index (χ4n) is 4.09. The van der Waals surface area contributed by atoms with Crippen LogP contribution < -0.4 is 15.4 Å². The predicted molar refractivity (Wildman–Crippen MR) is 146 cm³/mol. The number of rotatable bonds is 11. The molecule has 1 saturated heterocycles. The summed E-state index contributed by atoms with van der Waals surface area (Å²) in [6, 6.07) is 8.72. The Morgan fingerprint density at radius 1 is 1.26 bits per heavy atom. The van der Waals surface area contributed by atoms with E-state index in [9.17, 15) is 9.59 Å². The van der Waals surface area contributed by atoms with Crippen molar-refractivity contribution in [1.82, 2.24) is 20.5 Å². The third kappa shape index (κ3) is 7.93. The number of allylic oxidation sites excluding steroid dienone is 1. The maximum atomic E-state index is 12.9. The molecule has 1 aromatic heterocycles. The molecule has 0 saturated carbocycles. The minimum absolute atomic E-state index is 0.0814. The van der Waals surface area contributed by atoms with Crippen molar-refractivity contribution in [2.24, 2.45) is 0 Å². The van der Waals surface area contributed by atoms with Crippen molar-refractivity contribution in [3.63, 3.8) is 0 Å². The van der Waals surface area contributed by atoms with E-state index in [0.29, 0.717) is 61.0 Å². The molecule has 0 bridgehead atoms. The third-order valence-corrected chi connectivity index (χ3v) is 6.42. The van der Waals surface area contributed by atoms with Gasteiger partial charge >= 0.3 is 6.09 Å². The van der Waals surface area contributed by atoms with E-state index in [2.05, 4.69) is 15.6 Å². The van der Waals surface area contributed by atoms with Crippen LogP contribution in [0.3, 0.4) is 0 Å². The van der Waals surface area contributed by atoms with Crippen LogP contribution >= 0.6 is 11.6 Å². The molecule has 10 nitrogen and oxygen atoms in total. The van der Waals surface area contributed by atoms with E-state index in [1.807, 2.05) is 19.1 Å². The molecule has 3 rings (SSSR count). The molecule has 1 aliphatic heterocycles. The summed E-state index contributed by atoms with van der Waals surface area (Å²) in [5.41, 5.74) is 2.20. The summed E-state index contributed by atoms with van der Waals surface area (Å²) in [5, 5.41) is 14.5. The van der Waals surface area contributed by atoms with Crippen molar-refractivity contribution in [2.75, 3.05) is 33.9 Å². The molecule has 0 unspecified atom stereocenters. The number of nitrogens with one attached hydrogen (secondary N) is 3. The second-order valence-electron chi connectivity index (χ2n) is 8.84. The highest BCUT2D eigenvalue weighted by Crippen LogP contribution is 2.30. The molecule has 2 heterocycles. The highest BCUT2D eigenvalue weighted by Gasteiger charge is 2.31. The standard InChI is InChI=1S/C27H34ClN5O5/c1-18-12-22(8-10-33(18)27(35)37-3)38-25-13-24(26(34)32-15-19-4-6-21(28)7-5-19)31-17-23(25)20(14-29)16-30-9-11-36-2/h4-7,13-14,16-18,22,29-30H,8-12,15H2,1-3H3,(H,32,34)/b20-16+,29-14?/t18-,22+/m1/s1. The van der Waals surface area contributed by atoms with Crippen LogP contribution in [-0.2, 0) is 16.0 Å². The number of ether oxygens (including phenoxy) is 3. The number of hydrogen-bond donors (Lipinski definition) is 3. The molecule has 204 valence electrons. The monoisotopic (exact) mass is 543 g/mol. The summed E-state index contributed by atoms with van der Waals surface area (Å²) < 4.78 is 16.3. The maximum Gasteiger partial charge on any atom is 0.409 e. The van der Waals surface area contributed by atoms with E-state index in [0.717, 1.165) is 5.56 Å². The van der Waals surface area contributed by atoms with E-state index in [1.54, 1.807) is 36.4 Å². The first-order valence-electron chi connectivity index (χ1n) is 12.3. The topological polar surface area (TPSA) is 126 Å². The molecule has 2 aromatic rings. The van der Waals surface area contributed by atoms with E-state index < -0.39 is 0 Å². The minimum atomic E-state index is -0.364. The number of piperidine rings is 1. The zero-order valence-electron chi connectivity index (χ0n) is 21.8. The lowest BCUT2D eigenvalue weighted by atomic mass is 10.0. The minimum Gasteiger partial charge on any atom is -0.489 e. The van der Waals surface area contributed by atoms with Gasteiger partial charge in [-0.05, 0) is 24.6 Å². The number of amides is 2. The van der Waals surface area contributed by atoms with Gasteiger partial charge < -0.3 is 35.2 Å². The Balaban J connectivity index is 1.82. The van der Waals surface area contributed by atoms with Crippen molar-refractivity contribution in [2.45, 2.75) is 38.5 Å². The summed E-state index contributed by atoms with van der Waals surface area (Å²) >= 11 is 5.94. The molecule has 1 fully saturated rings. The van der Waals surface area contributed by atoms with E-state index >= 15 is 0 Å². The third-order valence-electron chi connectivity index (χ3n) is 6.17. The van der Waals surface area contributed by atoms with Gasteiger partial charge in [-0.15, -0.1) is 0 Å². The molecular weight excluding hydrogens is 510 g/mol. The molecule has 0 aliphatic carbocycles. The second kappa shape index (κ2) is 14.3. The van der Waals surface area contributed by atoms with Crippen molar-refractivity contribution in [1.29, 1.82) is 5.41 Å². The number of carbonyl (C=O) groups excluding carboxylic acids is 2. The Bertz CT molecular complexity index is 1140. The zero-order valence-corrected chi connectivity index (χ0v) is 22.6. The molecule has 11 heteroatoms. The van der Waals surface area contributed by atoms with Gasteiger partial charge in [-0.25, -0.2) is 4.79 Å². The van der Waals surface area contributed by atoms with Crippen LogP contribution in [0.25, 0.3) is 5.57 Å². The fraction of sp³-hybridized carbons (Fsp3) is 0.407. The lowest BCUT2D eigenvalue weighted by Gasteiger charge is -2.36. The number of nitrogens with zero attached hydrogens (tertiary/aromatic N) is 2. The van der Waals surface area contributed by atoms with E-state index in [4.69, 9.17) is 31.2 Å². The zero-order chi connectivity index (χ0) is 27.5. The fourth-order valence-corrected chi connectivity index (χ4v) is 4.22. The van der Waals surface area contributed by atoms with Crippen molar-refractivity contribution in [3.8, 4) is 5.75 Å². The smallest absolute Gasteiger partial charge is 0.409 e. The van der Waals surface area contributed by atoms with Crippen molar-refractivity contribution < 1.29 is 23.8 Å². The van der Waals surface area contributed by atoms with E-state index in [1.165, 1.54) is 19.5 Å². The van der Waals surface area contributed by atoms with Gasteiger partial charge in [0.25, 0.3) is 5.91 Å². The van der Waals surface area contributed by atoms with Gasteiger partial charge in [0.05, 0.1) is 13.7 Å². The van der Waals surface area contributed by atoms with Gasteiger partial charge in [0.2, 0.25) is 0 Å². The average Bonchev–Trinajstić information content (AvgIpc) is 2.92. The van der Waals surface area contributed by atoms with Gasteiger partial charge in [-0.3, -0.25) is 9.78 Å². The van der Waals surface area contributed by atoms with Gasteiger partial charge in [-0.1, -0.05) is 23.7 Å². The SMILES string of the molecule is COCCN/C=C(\C=N)c1cnc(C(=O)NCc2ccc(Cl)cc2)cc1O[C@H]1CCN(C(=O)OC)[C@H](C)C1. The molecule has 38 heavy (non-hydrogen) atoms. The highest BCUT2D eigenvalue weighted by atomic mass is 35.5. The summed E-state index contributed by atoms with van der Waals surface area (Å²) in [5.74, 6) is 0.0764. The number of carbonyl (C=O) groups is 2.